The third kappa shape index (κ3) is 4.02. The first-order chi connectivity index (χ1) is 14.1. The Balaban J connectivity index is 1.72. The van der Waals surface area contributed by atoms with Crippen LogP contribution in [0, 0.1) is 6.92 Å². The number of benzene rings is 2. The van der Waals surface area contributed by atoms with Crippen molar-refractivity contribution in [2.45, 2.75) is 26.3 Å². The molecule has 4 aromatic rings. The zero-order valence-electron chi connectivity index (χ0n) is 16.6. The minimum absolute atomic E-state index is 0.0412. The quantitative estimate of drug-likeness (QED) is 0.528. The molecule has 0 radical (unpaired) electrons. The van der Waals surface area contributed by atoms with E-state index in [9.17, 15) is 4.79 Å². The average molecular weight is 381 g/mol. The summed E-state index contributed by atoms with van der Waals surface area (Å²) in [6, 6.07) is 23.9. The summed E-state index contributed by atoms with van der Waals surface area (Å²) in [4.78, 5) is 22.0. The fourth-order valence-electron chi connectivity index (χ4n) is 3.68. The van der Waals surface area contributed by atoms with Crippen LogP contribution in [0.2, 0.25) is 0 Å². The summed E-state index contributed by atoms with van der Waals surface area (Å²) >= 11 is 0. The zero-order chi connectivity index (χ0) is 20.2. The van der Waals surface area contributed by atoms with Gasteiger partial charge < -0.3 is 5.32 Å². The van der Waals surface area contributed by atoms with Crippen molar-refractivity contribution in [3.63, 3.8) is 0 Å². The van der Waals surface area contributed by atoms with Gasteiger partial charge in [-0.05, 0) is 48.7 Å². The van der Waals surface area contributed by atoms with E-state index in [1.807, 2.05) is 68.4 Å². The number of rotatable bonds is 5. The highest BCUT2D eigenvalue weighted by atomic mass is 16.1. The number of nitrogens with zero attached hydrogens (tertiary/aromatic N) is 2. The molecule has 4 nitrogen and oxygen atoms in total. The Morgan fingerprint density at radius 1 is 0.966 bits per heavy atom. The monoisotopic (exact) mass is 381 g/mol. The van der Waals surface area contributed by atoms with E-state index >= 15 is 0 Å². The Kier molecular flexibility index (Phi) is 5.34. The second kappa shape index (κ2) is 8.23. The van der Waals surface area contributed by atoms with Crippen molar-refractivity contribution in [3.8, 4) is 11.1 Å². The Bertz CT molecular complexity index is 1140. The van der Waals surface area contributed by atoms with Crippen LogP contribution in [0.5, 0.6) is 0 Å². The number of para-hydroxylation sites is 1. The molecule has 1 N–H and O–H groups in total. The van der Waals surface area contributed by atoms with Crippen molar-refractivity contribution < 1.29 is 4.79 Å². The second-order valence-electron chi connectivity index (χ2n) is 7.15. The van der Waals surface area contributed by atoms with Crippen LogP contribution in [0.15, 0.2) is 79.0 Å². The summed E-state index contributed by atoms with van der Waals surface area (Å²) in [6.07, 6.45) is 2.01. The van der Waals surface area contributed by atoms with Crippen molar-refractivity contribution in [2.24, 2.45) is 0 Å². The molecule has 144 valence electrons. The molecule has 0 fully saturated rings. The number of aromatic nitrogens is 2. The lowest BCUT2D eigenvalue weighted by atomic mass is 9.92. The lowest BCUT2D eigenvalue weighted by molar-refractivity contribution is -0.121. The third-order valence-corrected chi connectivity index (χ3v) is 5.11. The van der Waals surface area contributed by atoms with Crippen molar-refractivity contribution in [3.05, 3.63) is 95.9 Å². The van der Waals surface area contributed by atoms with Gasteiger partial charge in [0.15, 0.2) is 0 Å². The van der Waals surface area contributed by atoms with Crippen LogP contribution in [0.25, 0.3) is 22.0 Å². The van der Waals surface area contributed by atoms with Gasteiger partial charge in [0, 0.05) is 17.3 Å². The second-order valence-corrected chi connectivity index (χ2v) is 7.15. The Morgan fingerprint density at radius 2 is 1.69 bits per heavy atom. The van der Waals surface area contributed by atoms with E-state index < -0.39 is 0 Å². The maximum Gasteiger partial charge on any atom is 0.225 e. The molecule has 0 saturated carbocycles. The normalized spacial score (nSPS) is 11.9. The molecule has 0 saturated heterocycles. The predicted molar refractivity (Wildman–Crippen MR) is 116 cm³/mol. The van der Waals surface area contributed by atoms with Gasteiger partial charge in [-0.1, -0.05) is 54.6 Å². The van der Waals surface area contributed by atoms with E-state index in [0.29, 0.717) is 0 Å². The topological polar surface area (TPSA) is 54.9 Å². The minimum atomic E-state index is -0.155. The van der Waals surface area contributed by atoms with Crippen molar-refractivity contribution in [2.75, 3.05) is 0 Å². The first-order valence-electron chi connectivity index (χ1n) is 9.77. The highest BCUT2D eigenvalue weighted by molar-refractivity contribution is 5.98. The molecule has 1 amide bonds. The fraction of sp³-hybridized carbons (Fsp3) is 0.160. The predicted octanol–water partition coefficient (Wildman–Crippen LogP) is 5.03. The third-order valence-electron chi connectivity index (χ3n) is 5.11. The van der Waals surface area contributed by atoms with Crippen LogP contribution in [0.1, 0.15) is 29.9 Å². The molecule has 29 heavy (non-hydrogen) atoms. The number of carbonyl (C=O) groups excluding carboxylic acids is 1. The zero-order valence-corrected chi connectivity index (χ0v) is 16.6. The number of pyridine rings is 2. The van der Waals surface area contributed by atoms with E-state index in [0.717, 1.165) is 39.0 Å². The smallest absolute Gasteiger partial charge is 0.225 e. The summed E-state index contributed by atoms with van der Waals surface area (Å²) < 4.78 is 0. The maximum atomic E-state index is 12.9. The van der Waals surface area contributed by atoms with Gasteiger partial charge >= 0.3 is 0 Å². The van der Waals surface area contributed by atoms with Gasteiger partial charge in [-0.25, -0.2) is 0 Å². The number of hydrogen-bond acceptors (Lipinski definition) is 3. The van der Waals surface area contributed by atoms with E-state index in [2.05, 4.69) is 28.5 Å². The minimum Gasteiger partial charge on any atom is -0.348 e. The fourth-order valence-corrected chi connectivity index (χ4v) is 3.68. The Labute approximate surface area is 170 Å². The van der Waals surface area contributed by atoms with Crippen molar-refractivity contribution in [1.29, 1.82) is 0 Å². The van der Waals surface area contributed by atoms with Gasteiger partial charge in [-0.2, -0.15) is 0 Å². The molecular weight excluding hydrogens is 358 g/mol. The molecule has 4 rings (SSSR count). The average Bonchev–Trinajstić information content (AvgIpc) is 2.75. The van der Waals surface area contributed by atoms with Crippen LogP contribution >= 0.6 is 0 Å². The van der Waals surface area contributed by atoms with Crippen LogP contribution in [0.3, 0.4) is 0 Å². The number of amides is 1. The summed E-state index contributed by atoms with van der Waals surface area (Å²) in [5.74, 6) is -0.0412. The van der Waals surface area contributed by atoms with Crippen LogP contribution in [0.4, 0.5) is 0 Å². The Hall–Kier alpha value is -3.53. The summed E-state index contributed by atoms with van der Waals surface area (Å²) in [5.41, 5.74) is 5.79. The first kappa shape index (κ1) is 18.8. The van der Waals surface area contributed by atoms with Gasteiger partial charge in [-0.3, -0.25) is 14.8 Å². The van der Waals surface area contributed by atoms with Crippen LogP contribution < -0.4 is 5.32 Å². The molecule has 2 aromatic carbocycles. The lowest BCUT2D eigenvalue weighted by Crippen LogP contribution is -2.29. The van der Waals surface area contributed by atoms with E-state index in [-0.39, 0.29) is 18.4 Å². The molecule has 2 aromatic heterocycles. The molecule has 0 aliphatic carbocycles. The van der Waals surface area contributed by atoms with E-state index in [4.69, 9.17) is 4.98 Å². The standard InChI is InChI=1S/C25H23N3O/c1-17-21(16-24(29)28-18(2)22-13-8-9-15-26-22)25(19-10-4-3-5-11-19)20-12-6-7-14-23(20)27-17/h3-15,18H,16H2,1-2H3,(H,28,29). The SMILES string of the molecule is Cc1nc2ccccc2c(-c2ccccc2)c1CC(=O)NC(C)c1ccccn1. The molecular formula is C25H23N3O. The Morgan fingerprint density at radius 3 is 2.45 bits per heavy atom. The van der Waals surface area contributed by atoms with Gasteiger partial charge in [0.25, 0.3) is 0 Å². The number of nitrogens with one attached hydrogen (secondary N) is 1. The van der Waals surface area contributed by atoms with E-state index in [1.54, 1.807) is 6.20 Å². The number of hydrogen-bond donors (Lipinski definition) is 1. The van der Waals surface area contributed by atoms with Gasteiger partial charge in [0.05, 0.1) is 23.7 Å². The molecule has 1 atom stereocenters. The summed E-state index contributed by atoms with van der Waals surface area (Å²) in [6.45, 7) is 3.92. The highest BCUT2D eigenvalue weighted by Crippen LogP contribution is 2.33. The molecule has 0 aliphatic heterocycles. The van der Waals surface area contributed by atoms with Crippen molar-refractivity contribution >= 4 is 16.8 Å². The summed E-state index contributed by atoms with van der Waals surface area (Å²) in [7, 11) is 0. The van der Waals surface area contributed by atoms with Gasteiger partial charge in [-0.15, -0.1) is 0 Å². The number of aryl methyl sites for hydroxylation is 1. The van der Waals surface area contributed by atoms with Crippen molar-refractivity contribution in [1.82, 2.24) is 15.3 Å². The van der Waals surface area contributed by atoms with Crippen LogP contribution in [-0.4, -0.2) is 15.9 Å². The highest BCUT2D eigenvalue weighted by Gasteiger charge is 2.18. The summed E-state index contributed by atoms with van der Waals surface area (Å²) in [5, 5.41) is 4.13. The molecule has 0 aliphatic rings. The van der Waals surface area contributed by atoms with Gasteiger partial charge in [0.2, 0.25) is 5.91 Å². The van der Waals surface area contributed by atoms with Crippen LogP contribution in [-0.2, 0) is 11.2 Å². The molecule has 1 unspecified atom stereocenters. The van der Waals surface area contributed by atoms with E-state index in [1.165, 1.54) is 0 Å². The lowest BCUT2D eigenvalue weighted by Gasteiger charge is -2.18. The number of carbonyl (C=O) groups is 1. The molecule has 0 spiro atoms. The first-order valence-corrected chi connectivity index (χ1v) is 9.77. The van der Waals surface area contributed by atoms with Gasteiger partial charge in [0.1, 0.15) is 0 Å². The molecule has 2 heterocycles. The molecule has 4 heteroatoms. The maximum absolute atomic E-state index is 12.9. The molecule has 0 bridgehead atoms. The largest absolute Gasteiger partial charge is 0.348 e. The number of fused-ring (bicyclic) bond motifs is 1.